The molecule has 0 saturated heterocycles. The van der Waals surface area contributed by atoms with Crippen molar-refractivity contribution in [3.63, 3.8) is 0 Å². The number of unbranched alkanes of at least 4 members (excludes halogenated alkanes) is 2. The molecule has 0 heterocycles. The van der Waals surface area contributed by atoms with Crippen LogP contribution < -0.4 is 5.73 Å². The second kappa shape index (κ2) is 7.13. The lowest BCUT2D eigenvalue weighted by atomic mass is 10.2. The van der Waals surface area contributed by atoms with E-state index in [0.717, 1.165) is 19.3 Å². The van der Waals surface area contributed by atoms with Crippen molar-refractivity contribution in [3.8, 4) is 0 Å². The molecule has 0 amide bonds. The van der Waals surface area contributed by atoms with Crippen LogP contribution >= 0.6 is 8.69 Å². The van der Waals surface area contributed by atoms with Gasteiger partial charge in [0.15, 0.2) is 0 Å². The van der Waals surface area contributed by atoms with E-state index in [2.05, 4.69) is 11.4 Å². The van der Waals surface area contributed by atoms with Crippen molar-refractivity contribution in [2.75, 3.05) is 0 Å². The Balaban J connectivity index is 3.04. The molecule has 0 rings (SSSR count). The number of hydrogen-bond acceptors (Lipinski definition) is 3. The first-order chi connectivity index (χ1) is 4.81. The molecule has 0 fully saturated rings. The molecule has 10 heavy (non-hydrogen) atoms. The molecule has 0 aromatic carbocycles. The van der Waals surface area contributed by atoms with Gasteiger partial charge in [0, 0.05) is 0 Å². The van der Waals surface area contributed by atoms with Crippen molar-refractivity contribution in [1.29, 1.82) is 0 Å². The van der Waals surface area contributed by atoms with Gasteiger partial charge in [-0.05, 0) is 12.8 Å². The molecule has 0 radical (unpaired) electrons. The Kier molecular flexibility index (Phi) is 7.15. The van der Waals surface area contributed by atoms with Gasteiger partial charge in [-0.25, -0.2) is 4.57 Å². The van der Waals surface area contributed by atoms with Gasteiger partial charge in [-0.15, -0.1) is 0 Å². The lowest BCUT2D eigenvalue weighted by molar-refractivity contribution is 0.216. The average Bonchev–Trinajstić information content (AvgIpc) is 1.89. The molecule has 0 saturated carbocycles. The van der Waals surface area contributed by atoms with E-state index in [1.54, 1.807) is 0 Å². The second-order valence-corrected chi connectivity index (χ2v) is 2.57. The predicted octanol–water partition coefficient (Wildman–Crippen LogP) is 2.07. The SMILES string of the molecule is CCCCCC(N)OP=O. The van der Waals surface area contributed by atoms with Crippen molar-refractivity contribution in [1.82, 2.24) is 0 Å². The molecule has 3 nitrogen and oxygen atoms in total. The van der Waals surface area contributed by atoms with E-state index in [1.807, 2.05) is 0 Å². The number of nitrogens with two attached hydrogens (primary N) is 1. The van der Waals surface area contributed by atoms with E-state index in [4.69, 9.17) is 5.73 Å². The smallest absolute Gasteiger partial charge is 0.305 e. The van der Waals surface area contributed by atoms with Gasteiger partial charge in [0.25, 0.3) is 0 Å². The van der Waals surface area contributed by atoms with Crippen LogP contribution in [0.5, 0.6) is 0 Å². The summed E-state index contributed by atoms with van der Waals surface area (Å²) >= 11 is 0. The fourth-order valence-corrected chi connectivity index (χ4v) is 0.919. The van der Waals surface area contributed by atoms with Crippen molar-refractivity contribution in [3.05, 3.63) is 0 Å². The van der Waals surface area contributed by atoms with E-state index >= 15 is 0 Å². The molecule has 0 bridgehead atoms. The summed E-state index contributed by atoms with van der Waals surface area (Å²) in [5.74, 6) is 0. The van der Waals surface area contributed by atoms with E-state index in [-0.39, 0.29) is 14.9 Å². The lowest BCUT2D eigenvalue weighted by Crippen LogP contribution is -2.19. The lowest BCUT2D eigenvalue weighted by Gasteiger charge is -2.04. The molecule has 0 aliphatic carbocycles. The van der Waals surface area contributed by atoms with Crippen LogP contribution in [0, 0.1) is 0 Å². The van der Waals surface area contributed by atoms with Crippen LogP contribution in [0.2, 0.25) is 0 Å². The fourth-order valence-electron chi connectivity index (χ4n) is 0.704. The Morgan fingerprint density at radius 2 is 2.30 bits per heavy atom. The van der Waals surface area contributed by atoms with Crippen LogP contribution in [-0.2, 0) is 9.09 Å². The zero-order valence-corrected chi connectivity index (χ0v) is 7.14. The molecule has 0 spiro atoms. The summed E-state index contributed by atoms with van der Waals surface area (Å²) in [6.07, 6.45) is 3.82. The minimum absolute atomic E-state index is 0.316. The normalized spacial score (nSPS) is 13.8. The van der Waals surface area contributed by atoms with Crippen LogP contribution in [-0.4, -0.2) is 6.23 Å². The Hall–Kier alpha value is 0.0200. The maximum absolute atomic E-state index is 9.84. The quantitative estimate of drug-likeness (QED) is 0.370. The Labute approximate surface area is 63.2 Å². The highest BCUT2D eigenvalue weighted by atomic mass is 31.1. The molecule has 0 aromatic rings. The van der Waals surface area contributed by atoms with Crippen molar-refractivity contribution < 1.29 is 9.09 Å². The summed E-state index contributed by atoms with van der Waals surface area (Å²) in [5.41, 5.74) is 5.40. The highest BCUT2D eigenvalue weighted by Gasteiger charge is 2.00. The minimum Gasteiger partial charge on any atom is -0.305 e. The van der Waals surface area contributed by atoms with E-state index in [9.17, 15) is 4.57 Å². The van der Waals surface area contributed by atoms with E-state index in [0.29, 0.717) is 0 Å². The maximum atomic E-state index is 9.84. The molecule has 0 aliphatic heterocycles. The number of rotatable bonds is 6. The van der Waals surface area contributed by atoms with Gasteiger partial charge in [-0.1, -0.05) is 19.8 Å². The van der Waals surface area contributed by atoms with Gasteiger partial charge in [0.1, 0.15) is 6.23 Å². The highest BCUT2D eigenvalue weighted by Crippen LogP contribution is 2.06. The molecule has 4 heteroatoms. The van der Waals surface area contributed by atoms with E-state index < -0.39 is 0 Å². The van der Waals surface area contributed by atoms with Gasteiger partial charge >= 0.3 is 8.69 Å². The van der Waals surface area contributed by atoms with Crippen LogP contribution in [0.1, 0.15) is 32.6 Å². The molecule has 0 aromatic heterocycles. The third kappa shape index (κ3) is 6.14. The standard InChI is InChI=1S/C6H14NO2P/c1-2-3-4-5-6(7)9-10-8/h6H,2-5,7H2,1H3. The van der Waals surface area contributed by atoms with E-state index in [1.165, 1.54) is 6.42 Å². The Morgan fingerprint density at radius 3 is 2.80 bits per heavy atom. The summed E-state index contributed by atoms with van der Waals surface area (Å²) < 4.78 is 14.4. The Morgan fingerprint density at radius 1 is 1.60 bits per heavy atom. The molecule has 1 atom stereocenters. The van der Waals surface area contributed by atoms with Gasteiger partial charge in [0.05, 0.1) is 0 Å². The first-order valence-corrected chi connectivity index (χ1v) is 4.28. The third-order valence-corrected chi connectivity index (χ3v) is 1.63. The Bertz CT molecular complexity index is 89.8. The predicted molar refractivity (Wildman–Crippen MR) is 40.8 cm³/mol. The molecular formula is C6H14NO2P. The summed E-state index contributed by atoms with van der Waals surface area (Å²) in [4.78, 5) is 0. The van der Waals surface area contributed by atoms with Gasteiger partial charge in [0.2, 0.25) is 0 Å². The summed E-state index contributed by atoms with van der Waals surface area (Å²) in [5, 5.41) is 0. The molecule has 1 unspecified atom stereocenters. The molecule has 0 aliphatic rings. The zero-order valence-electron chi connectivity index (χ0n) is 6.25. The number of hydrogen-bond donors (Lipinski definition) is 1. The largest absolute Gasteiger partial charge is 0.328 e. The van der Waals surface area contributed by atoms with Crippen LogP contribution in [0.4, 0.5) is 0 Å². The van der Waals surface area contributed by atoms with Crippen molar-refractivity contribution in [2.24, 2.45) is 5.73 Å². The molecule has 60 valence electrons. The first kappa shape index (κ1) is 10.0. The summed E-state index contributed by atoms with van der Waals surface area (Å²) in [7, 11) is -0.316. The van der Waals surface area contributed by atoms with Crippen LogP contribution in [0.25, 0.3) is 0 Å². The van der Waals surface area contributed by atoms with Gasteiger partial charge < -0.3 is 5.73 Å². The first-order valence-electron chi connectivity index (χ1n) is 3.55. The van der Waals surface area contributed by atoms with Crippen LogP contribution in [0.15, 0.2) is 0 Å². The van der Waals surface area contributed by atoms with Crippen molar-refractivity contribution >= 4 is 8.69 Å². The highest BCUT2D eigenvalue weighted by molar-refractivity contribution is 7.17. The topological polar surface area (TPSA) is 52.3 Å². The summed E-state index contributed by atoms with van der Waals surface area (Å²) in [6.45, 7) is 2.12. The summed E-state index contributed by atoms with van der Waals surface area (Å²) in [6, 6.07) is 0. The van der Waals surface area contributed by atoms with Crippen LogP contribution in [0.3, 0.4) is 0 Å². The molecule has 2 N–H and O–H groups in total. The minimum atomic E-state index is -0.356. The maximum Gasteiger partial charge on any atom is 0.328 e. The third-order valence-electron chi connectivity index (χ3n) is 1.27. The van der Waals surface area contributed by atoms with Gasteiger partial charge in [-0.2, -0.15) is 0 Å². The van der Waals surface area contributed by atoms with Gasteiger partial charge in [-0.3, -0.25) is 4.52 Å². The monoisotopic (exact) mass is 163 g/mol. The van der Waals surface area contributed by atoms with Crippen molar-refractivity contribution in [2.45, 2.75) is 38.8 Å². The fraction of sp³-hybridized carbons (Fsp3) is 1.00. The molecular weight excluding hydrogens is 149 g/mol. The second-order valence-electron chi connectivity index (χ2n) is 2.21. The average molecular weight is 163 g/mol. The zero-order chi connectivity index (χ0) is 7.82.